The fourth-order valence-corrected chi connectivity index (χ4v) is 3.12. The first kappa shape index (κ1) is 12.2. The normalized spacial score (nSPS) is 28.8. The third-order valence-electron chi connectivity index (χ3n) is 2.62. The predicted octanol–water partition coefficient (Wildman–Crippen LogP) is 2.41. The highest BCUT2D eigenvalue weighted by Crippen LogP contribution is 2.37. The second kappa shape index (κ2) is 5.26. The van der Waals surface area contributed by atoms with Crippen molar-refractivity contribution in [3.05, 3.63) is 0 Å². The van der Waals surface area contributed by atoms with E-state index in [0.717, 1.165) is 25.0 Å². The molecule has 0 bridgehead atoms. The monoisotopic (exact) mass is 235 g/mol. The molecule has 0 radical (unpaired) electrons. The van der Waals surface area contributed by atoms with E-state index in [1.165, 1.54) is 0 Å². The molecule has 2 unspecified atom stereocenters. The van der Waals surface area contributed by atoms with Gasteiger partial charge >= 0.3 is 0 Å². The van der Waals surface area contributed by atoms with Crippen LogP contribution in [0.25, 0.3) is 0 Å². The van der Waals surface area contributed by atoms with Gasteiger partial charge in [0.1, 0.15) is 0 Å². The Balaban J connectivity index is 2.40. The van der Waals surface area contributed by atoms with Gasteiger partial charge in [-0.15, -0.1) is 23.4 Å². The Labute approximate surface area is 95.2 Å². The number of rotatable bonds is 4. The summed E-state index contributed by atoms with van der Waals surface area (Å²) in [7, 11) is 0. The third-order valence-corrected chi connectivity index (χ3v) is 4.36. The standard InChI is InChI=1S/C10H18ClNOS/c1-8(4-6-11)12-9(13)10(2)5-3-7-14-10/h8H,3-7H2,1-2H3,(H,12,13). The Kier molecular flexibility index (Phi) is 4.58. The summed E-state index contributed by atoms with van der Waals surface area (Å²) in [5, 5.41) is 3.02. The maximum absolute atomic E-state index is 11.9. The lowest BCUT2D eigenvalue weighted by Crippen LogP contribution is -2.44. The zero-order valence-corrected chi connectivity index (χ0v) is 10.4. The average Bonchev–Trinajstić information content (AvgIpc) is 2.54. The van der Waals surface area contributed by atoms with E-state index >= 15 is 0 Å². The fourth-order valence-electron chi connectivity index (χ4n) is 1.57. The van der Waals surface area contributed by atoms with Crippen LogP contribution in [0.4, 0.5) is 0 Å². The van der Waals surface area contributed by atoms with Crippen molar-refractivity contribution in [2.45, 2.75) is 43.9 Å². The van der Waals surface area contributed by atoms with E-state index in [1.54, 1.807) is 11.8 Å². The summed E-state index contributed by atoms with van der Waals surface area (Å²) in [6.07, 6.45) is 2.99. The van der Waals surface area contributed by atoms with Gasteiger partial charge < -0.3 is 5.32 Å². The molecule has 0 aromatic rings. The zero-order valence-electron chi connectivity index (χ0n) is 8.81. The summed E-state index contributed by atoms with van der Waals surface area (Å²) in [6.45, 7) is 4.04. The van der Waals surface area contributed by atoms with Crippen LogP contribution < -0.4 is 5.32 Å². The second-order valence-electron chi connectivity index (χ2n) is 4.04. The molecule has 1 N–H and O–H groups in total. The van der Waals surface area contributed by atoms with Crippen molar-refractivity contribution >= 4 is 29.3 Å². The lowest BCUT2D eigenvalue weighted by molar-refractivity contribution is -0.123. The molecule has 2 nitrogen and oxygen atoms in total. The molecule has 1 fully saturated rings. The number of amides is 1. The molecule has 1 amide bonds. The Morgan fingerprint density at radius 2 is 2.43 bits per heavy atom. The minimum atomic E-state index is -0.194. The highest BCUT2D eigenvalue weighted by Gasteiger charge is 2.37. The van der Waals surface area contributed by atoms with Gasteiger partial charge in [0, 0.05) is 11.9 Å². The van der Waals surface area contributed by atoms with Crippen LogP contribution in [-0.2, 0) is 4.79 Å². The van der Waals surface area contributed by atoms with Crippen molar-refractivity contribution in [1.82, 2.24) is 5.32 Å². The molecule has 1 saturated heterocycles. The molecule has 1 aliphatic rings. The minimum Gasteiger partial charge on any atom is -0.352 e. The Morgan fingerprint density at radius 3 is 2.93 bits per heavy atom. The van der Waals surface area contributed by atoms with E-state index in [1.807, 2.05) is 13.8 Å². The lowest BCUT2D eigenvalue weighted by Gasteiger charge is -2.24. The number of hydrogen-bond acceptors (Lipinski definition) is 2. The summed E-state index contributed by atoms with van der Waals surface area (Å²) >= 11 is 7.39. The van der Waals surface area contributed by atoms with Crippen molar-refractivity contribution in [3.63, 3.8) is 0 Å². The Morgan fingerprint density at radius 1 is 1.71 bits per heavy atom. The number of nitrogens with one attached hydrogen (secondary N) is 1. The largest absolute Gasteiger partial charge is 0.352 e. The Hall–Kier alpha value is 0.110. The molecule has 0 spiro atoms. The summed E-state index contributed by atoms with van der Waals surface area (Å²) in [6, 6.07) is 0.193. The first-order valence-corrected chi connectivity index (χ1v) is 6.61. The highest BCUT2D eigenvalue weighted by molar-refractivity contribution is 8.01. The van der Waals surface area contributed by atoms with Gasteiger partial charge in [0.15, 0.2) is 0 Å². The van der Waals surface area contributed by atoms with Crippen molar-refractivity contribution < 1.29 is 4.79 Å². The van der Waals surface area contributed by atoms with Crippen LogP contribution in [0.3, 0.4) is 0 Å². The molecule has 82 valence electrons. The van der Waals surface area contributed by atoms with Crippen molar-refractivity contribution in [3.8, 4) is 0 Å². The lowest BCUT2D eigenvalue weighted by atomic mass is 10.0. The zero-order chi connectivity index (χ0) is 10.6. The number of thioether (sulfide) groups is 1. The van der Waals surface area contributed by atoms with E-state index in [4.69, 9.17) is 11.6 Å². The number of halogens is 1. The van der Waals surface area contributed by atoms with Crippen LogP contribution in [0.15, 0.2) is 0 Å². The van der Waals surface area contributed by atoms with Gasteiger partial charge in [-0.1, -0.05) is 0 Å². The van der Waals surface area contributed by atoms with Gasteiger partial charge in [-0.25, -0.2) is 0 Å². The minimum absolute atomic E-state index is 0.178. The third kappa shape index (κ3) is 3.06. The van der Waals surface area contributed by atoms with Crippen LogP contribution in [0.5, 0.6) is 0 Å². The first-order chi connectivity index (χ1) is 6.58. The molecule has 0 aliphatic carbocycles. The summed E-state index contributed by atoms with van der Waals surface area (Å²) in [5.41, 5.74) is 0. The van der Waals surface area contributed by atoms with Crippen LogP contribution in [0, 0.1) is 0 Å². The first-order valence-electron chi connectivity index (χ1n) is 5.09. The maximum atomic E-state index is 11.9. The molecule has 0 saturated carbocycles. The molecule has 1 rings (SSSR count). The van der Waals surface area contributed by atoms with Gasteiger partial charge in [0.05, 0.1) is 4.75 Å². The van der Waals surface area contributed by atoms with Crippen LogP contribution >= 0.6 is 23.4 Å². The number of carbonyl (C=O) groups excluding carboxylic acids is 1. The summed E-state index contributed by atoms with van der Waals surface area (Å²) in [5.74, 6) is 1.89. The van der Waals surface area contributed by atoms with Crippen LogP contribution in [0.2, 0.25) is 0 Å². The van der Waals surface area contributed by atoms with Gasteiger partial charge in [-0.2, -0.15) is 0 Å². The number of hydrogen-bond donors (Lipinski definition) is 1. The molecule has 1 aliphatic heterocycles. The van der Waals surface area contributed by atoms with Gasteiger partial charge in [0.2, 0.25) is 5.91 Å². The molecule has 14 heavy (non-hydrogen) atoms. The SMILES string of the molecule is CC(CCCl)NC(=O)C1(C)CCCS1. The number of alkyl halides is 1. The highest BCUT2D eigenvalue weighted by atomic mass is 35.5. The number of carbonyl (C=O) groups is 1. The van der Waals surface area contributed by atoms with Gasteiger partial charge in [-0.05, 0) is 38.9 Å². The van der Waals surface area contributed by atoms with Crippen molar-refractivity contribution in [1.29, 1.82) is 0 Å². The summed E-state index contributed by atoms with van der Waals surface area (Å²) in [4.78, 5) is 11.9. The summed E-state index contributed by atoms with van der Waals surface area (Å²) < 4.78 is -0.194. The predicted molar refractivity (Wildman–Crippen MR) is 63.0 cm³/mol. The maximum Gasteiger partial charge on any atom is 0.236 e. The Bertz CT molecular complexity index is 204. The van der Waals surface area contributed by atoms with E-state index in [2.05, 4.69) is 5.32 Å². The molecule has 4 heteroatoms. The topological polar surface area (TPSA) is 29.1 Å². The van der Waals surface area contributed by atoms with E-state index in [0.29, 0.717) is 5.88 Å². The van der Waals surface area contributed by atoms with Gasteiger partial charge in [0.25, 0.3) is 0 Å². The van der Waals surface area contributed by atoms with E-state index < -0.39 is 0 Å². The fraction of sp³-hybridized carbons (Fsp3) is 0.900. The van der Waals surface area contributed by atoms with E-state index in [-0.39, 0.29) is 16.7 Å². The smallest absolute Gasteiger partial charge is 0.236 e. The molecule has 1 heterocycles. The molecule has 0 aromatic heterocycles. The molecular formula is C10H18ClNOS. The molecule has 2 atom stereocenters. The van der Waals surface area contributed by atoms with Crippen LogP contribution in [0.1, 0.15) is 33.1 Å². The van der Waals surface area contributed by atoms with Crippen molar-refractivity contribution in [2.75, 3.05) is 11.6 Å². The van der Waals surface area contributed by atoms with Crippen molar-refractivity contribution in [2.24, 2.45) is 0 Å². The van der Waals surface area contributed by atoms with Crippen LogP contribution in [-0.4, -0.2) is 28.3 Å². The molecular weight excluding hydrogens is 218 g/mol. The molecule has 0 aromatic carbocycles. The second-order valence-corrected chi connectivity index (χ2v) is 6.01. The van der Waals surface area contributed by atoms with Gasteiger partial charge in [-0.3, -0.25) is 4.79 Å². The van der Waals surface area contributed by atoms with E-state index in [9.17, 15) is 4.79 Å². The quantitative estimate of drug-likeness (QED) is 0.759. The average molecular weight is 236 g/mol.